The van der Waals surface area contributed by atoms with Crippen molar-refractivity contribution in [3.05, 3.63) is 28.7 Å². The molecular formula is C12H13BrCl3N3S. The highest BCUT2D eigenvalue weighted by Crippen LogP contribution is 2.36. The van der Waals surface area contributed by atoms with Gasteiger partial charge < -0.3 is 0 Å². The molecule has 1 unspecified atom stereocenters. The highest BCUT2D eigenvalue weighted by Gasteiger charge is 2.45. The normalized spacial score (nSPS) is 20.1. The molecule has 0 radical (unpaired) electrons. The minimum Gasteiger partial charge on any atom is -0.300 e. The van der Waals surface area contributed by atoms with E-state index in [0.29, 0.717) is 5.11 Å². The lowest BCUT2D eigenvalue weighted by Crippen LogP contribution is -2.46. The lowest BCUT2D eigenvalue weighted by atomic mass is 10.1. The molecule has 1 N–H and O–H groups in total. The Kier molecular flexibility index (Phi) is 5.10. The highest BCUT2D eigenvalue weighted by atomic mass is 79.9. The summed E-state index contributed by atoms with van der Waals surface area (Å²) in [6.45, 7) is 4.15. The summed E-state index contributed by atoms with van der Waals surface area (Å²) in [4.78, 5) is 1.95. The number of anilines is 1. The number of hydrogen-bond acceptors (Lipinski definition) is 2. The van der Waals surface area contributed by atoms with Gasteiger partial charge in [0.15, 0.2) is 5.11 Å². The van der Waals surface area contributed by atoms with E-state index >= 15 is 0 Å². The van der Waals surface area contributed by atoms with Crippen molar-refractivity contribution in [2.45, 2.75) is 23.9 Å². The second kappa shape index (κ2) is 6.15. The third kappa shape index (κ3) is 3.34. The molecule has 0 aromatic heterocycles. The average molecular weight is 418 g/mol. The molecule has 1 atom stereocenters. The zero-order valence-electron chi connectivity index (χ0n) is 10.8. The van der Waals surface area contributed by atoms with Gasteiger partial charge in [-0.15, -0.1) is 0 Å². The van der Waals surface area contributed by atoms with E-state index in [1.807, 2.05) is 29.2 Å². The zero-order valence-corrected chi connectivity index (χ0v) is 15.4. The van der Waals surface area contributed by atoms with Crippen LogP contribution in [0, 0.1) is 5.92 Å². The van der Waals surface area contributed by atoms with Crippen molar-refractivity contribution in [3.8, 4) is 0 Å². The summed E-state index contributed by atoms with van der Waals surface area (Å²) in [5.41, 5.74) is 4.10. The fourth-order valence-electron chi connectivity index (χ4n) is 1.97. The predicted molar refractivity (Wildman–Crippen MR) is 93.1 cm³/mol. The van der Waals surface area contributed by atoms with Crippen molar-refractivity contribution >= 4 is 73.8 Å². The van der Waals surface area contributed by atoms with Crippen molar-refractivity contribution in [1.29, 1.82) is 0 Å². The number of rotatable bonds is 2. The maximum atomic E-state index is 5.95. The molecule has 0 spiro atoms. The maximum absolute atomic E-state index is 5.95. The molecule has 0 bridgehead atoms. The fourth-order valence-corrected chi connectivity index (χ4v) is 3.18. The van der Waals surface area contributed by atoms with Crippen LogP contribution in [0.1, 0.15) is 13.8 Å². The lowest BCUT2D eigenvalue weighted by molar-refractivity contribution is 0.277. The number of benzene rings is 1. The van der Waals surface area contributed by atoms with E-state index in [1.165, 1.54) is 5.01 Å². The molecule has 0 saturated carbocycles. The zero-order chi connectivity index (χ0) is 15.1. The molecule has 3 nitrogen and oxygen atoms in total. The fraction of sp³-hybridized carbons (Fsp3) is 0.417. The Balaban J connectivity index is 2.38. The van der Waals surface area contributed by atoms with Gasteiger partial charge in [0.25, 0.3) is 3.92 Å². The van der Waals surface area contributed by atoms with Crippen molar-refractivity contribution < 1.29 is 0 Å². The Bertz CT molecular complexity index is 504. The molecular weight excluding hydrogens is 404 g/mol. The van der Waals surface area contributed by atoms with Crippen LogP contribution in [0.2, 0.25) is 0 Å². The van der Waals surface area contributed by atoms with Gasteiger partial charge in [-0.25, -0.2) is 10.4 Å². The number of hydrogen-bond donors (Lipinski definition) is 1. The summed E-state index contributed by atoms with van der Waals surface area (Å²) in [5, 5.41) is 1.82. The van der Waals surface area contributed by atoms with Crippen molar-refractivity contribution in [2.24, 2.45) is 5.92 Å². The molecule has 1 aromatic carbocycles. The first-order chi connectivity index (χ1) is 9.21. The molecule has 1 aliphatic rings. The van der Waals surface area contributed by atoms with Crippen LogP contribution in [0.5, 0.6) is 0 Å². The van der Waals surface area contributed by atoms with Crippen LogP contribution < -0.4 is 10.3 Å². The van der Waals surface area contributed by atoms with E-state index < -0.39 is 3.92 Å². The second-order valence-electron chi connectivity index (χ2n) is 4.75. The van der Waals surface area contributed by atoms with E-state index in [-0.39, 0.29) is 12.1 Å². The highest BCUT2D eigenvalue weighted by molar-refractivity contribution is 9.10. The van der Waals surface area contributed by atoms with E-state index in [1.54, 1.807) is 0 Å². The van der Waals surface area contributed by atoms with Crippen LogP contribution in [0.3, 0.4) is 0 Å². The largest absolute Gasteiger partial charge is 0.300 e. The minimum absolute atomic E-state index is 0.0701. The quantitative estimate of drug-likeness (QED) is 0.428. The Morgan fingerprint density at radius 1 is 1.25 bits per heavy atom. The summed E-state index contributed by atoms with van der Waals surface area (Å²) in [7, 11) is 0. The molecule has 1 heterocycles. The van der Waals surface area contributed by atoms with Gasteiger partial charge in [-0.2, -0.15) is 0 Å². The van der Waals surface area contributed by atoms with Gasteiger partial charge in [0, 0.05) is 10.2 Å². The SMILES string of the molecule is CC(C)C1NN(C(Cl)(Cl)Cl)C(=S)N1c1ccc(Br)cc1. The number of alkyl halides is 3. The van der Waals surface area contributed by atoms with E-state index in [9.17, 15) is 0 Å². The van der Waals surface area contributed by atoms with E-state index in [0.717, 1.165) is 10.2 Å². The first-order valence-corrected chi connectivity index (χ1v) is 8.27. The monoisotopic (exact) mass is 415 g/mol. The third-order valence-corrected chi connectivity index (χ3v) is 4.34. The summed E-state index contributed by atoms with van der Waals surface area (Å²) in [6.07, 6.45) is -0.0701. The van der Waals surface area contributed by atoms with Gasteiger partial charge >= 0.3 is 0 Å². The van der Waals surface area contributed by atoms with Gasteiger partial charge in [-0.05, 0) is 42.4 Å². The average Bonchev–Trinajstić information content (AvgIpc) is 2.68. The Morgan fingerprint density at radius 3 is 2.25 bits per heavy atom. The molecule has 110 valence electrons. The lowest BCUT2D eigenvalue weighted by Gasteiger charge is -2.27. The summed E-state index contributed by atoms with van der Waals surface area (Å²) in [5.74, 6) is 0.272. The van der Waals surface area contributed by atoms with E-state index in [4.69, 9.17) is 47.0 Å². The first-order valence-electron chi connectivity index (χ1n) is 5.93. The Hall–Kier alpha value is 0.220. The summed E-state index contributed by atoms with van der Waals surface area (Å²) in [6, 6.07) is 7.84. The molecule has 8 heteroatoms. The van der Waals surface area contributed by atoms with Crippen LogP contribution in [0.4, 0.5) is 5.69 Å². The molecule has 1 aromatic rings. The van der Waals surface area contributed by atoms with Crippen LogP contribution in [-0.4, -0.2) is 20.2 Å². The summed E-state index contributed by atoms with van der Waals surface area (Å²) < 4.78 is -0.632. The van der Waals surface area contributed by atoms with Crippen LogP contribution >= 0.6 is 63.0 Å². The van der Waals surface area contributed by atoms with Gasteiger partial charge in [0.05, 0.1) is 0 Å². The standard InChI is InChI=1S/C12H13BrCl3N3S/c1-7(2)10-17-19(12(14,15)16)11(20)18(10)9-5-3-8(13)4-6-9/h3-7,10,17H,1-2H3. The van der Waals surface area contributed by atoms with Crippen molar-refractivity contribution in [3.63, 3.8) is 0 Å². The number of thiocarbonyl (C=S) groups is 1. The smallest absolute Gasteiger partial charge is 0.283 e. The minimum atomic E-state index is -1.63. The van der Waals surface area contributed by atoms with Crippen molar-refractivity contribution in [1.82, 2.24) is 10.4 Å². The number of hydrazine groups is 1. The molecule has 20 heavy (non-hydrogen) atoms. The topological polar surface area (TPSA) is 18.5 Å². The number of nitrogens with one attached hydrogen (secondary N) is 1. The summed E-state index contributed by atoms with van der Waals surface area (Å²) >= 11 is 26.7. The Labute approximate surface area is 147 Å². The molecule has 0 amide bonds. The third-order valence-electron chi connectivity index (χ3n) is 2.93. The number of halogens is 4. The molecule has 1 aliphatic heterocycles. The predicted octanol–water partition coefficient (Wildman–Crippen LogP) is 4.67. The van der Waals surface area contributed by atoms with Crippen LogP contribution in [-0.2, 0) is 0 Å². The Morgan fingerprint density at radius 2 is 1.80 bits per heavy atom. The first kappa shape index (κ1) is 16.6. The van der Waals surface area contributed by atoms with Crippen molar-refractivity contribution in [2.75, 3.05) is 4.90 Å². The van der Waals surface area contributed by atoms with Crippen LogP contribution in [0.25, 0.3) is 0 Å². The second-order valence-corrected chi connectivity index (χ2v) is 8.25. The molecule has 2 rings (SSSR count). The van der Waals surface area contributed by atoms with E-state index in [2.05, 4.69) is 35.2 Å². The maximum Gasteiger partial charge on any atom is 0.283 e. The number of nitrogens with zero attached hydrogens (tertiary/aromatic N) is 2. The van der Waals surface area contributed by atoms with Gasteiger partial charge in [0.1, 0.15) is 6.17 Å². The van der Waals surface area contributed by atoms with Gasteiger partial charge in [0.2, 0.25) is 0 Å². The molecule has 0 aliphatic carbocycles. The van der Waals surface area contributed by atoms with Gasteiger partial charge in [-0.3, -0.25) is 4.90 Å². The molecule has 1 fully saturated rings. The van der Waals surface area contributed by atoms with Gasteiger partial charge in [-0.1, -0.05) is 64.6 Å². The molecule has 1 saturated heterocycles. The van der Waals surface area contributed by atoms with Crippen LogP contribution in [0.15, 0.2) is 28.7 Å².